The number of rotatable bonds is 0. The Morgan fingerprint density at radius 2 is 1.19 bits per heavy atom. The summed E-state index contributed by atoms with van der Waals surface area (Å²) in [6, 6.07) is 0. The second-order valence-electron chi connectivity index (χ2n) is 15.5. The van der Waals surface area contributed by atoms with Gasteiger partial charge in [-0.2, -0.15) is 0 Å². The molecular weight excluding hydrogens is 376 g/mol. The van der Waals surface area contributed by atoms with Gasteiger partial charge >= 0.3 is 0 Å². The van der Waals surface area contributed by atoms with Gasteiger partial charge in [-0.3, -0.25) is 0 Å². The van der Waals surface area contributed by atoms with Crippen molar-refractivity contribution in [1.29, 1.82) is 0 Å². The molecule has 10 atom stereocenters. The molecule has 0 bridgehead atoms. The van der Waals surface area contributed by atoms with E-state index < -0.39 is 0 Å². The fourth-order valence-electron chi connectivity index (χ4n) is 11.4. The van der Waals surface area contributed by atoms with Crippen molar-refractivity contribution < 1.29 is 5.11 Å². The maximum Gasteiger partial charge on any atom is 0.0571 e. The van der Waals surface area contributed by atoms with E-state index in [1.807, 2.05) is 0 Å². The van der Waals surface area contributed by atoms with E-state index in [1.54, 1.807) is 0 Å². The molecule has 5 saturated carbocycles. The van der Waals surface area contributed by atoms with E-state index in [1.165, 1.54) is 64.2 Å². The molecule has 1 heteroatoms. The summed E-state index contributed by atoms with van der Waals surface area (Å²) >= 11 is 0. The molecule has 0 aromatic carbocycles. The molecule has 178 valence electrons. The van der Waals surface area contributed by atoms with E-state index in [2.05, 4.69) is 55.4 Å². The van der Waals surface area contributed by atoms with E-state index in [0.29, 0.717) is 38.4 Å². The van der Waals surface area contributed by atoms with Crippen LogP contribution < -0.4 is 0 Å². The minimum Gasteiger partial charge on any atom is -0.393 e. The molecular formula is C30H52O. The Bertz CT molecular complexity index is 741. The Morgan fingerprint density at radius 1 is 0.581 bits per heavy atom. The van der Waals surface area contributed by atoms with Crippen LogP contribution in [0.3, 0.4) is 0 Å². The summed E-state index contributed by atoms with van der Waals surface area (Å²) in [5.74, 6) is 3.02. The van der Waals surface area contributed by atoms with Crippen molar-refractivity contribution in [2.75, 3.05) is 0 Å². The molecule has 0 amide bonds. The largest absolute Gasteiger partial charge is 0.393 e. The van der Waals surface area contributed by atoms with Gasteiger partial charge in [0.05, 0.1) is 6.10 Å². The van der Waals surface area contributed by atoms with Crippen molar-refractivity contribution >= 4 is 0 Å². The van der Waals surface area contributed by atoms with E-state index in [-0.39, 0.29) is 6.10 Å². The van der Waals surface area contributed by atoms with Crippen LogP contribution in [0.1, 0.15) is 126 Å². The van der Waals surface area contributed by atoms with Gasteiger partial charge in [-0.05, 0) is 127 Å². The first kappa shape index (κ1) is 22.7. The van der Waals surface area contributed by atoms with Crippen molar-refractivity contribution in [3.05, 3.63) is 0 Å². The zero-order valence-electron chi connectivity index (χ0n) is 22.1. The molecule has 5 fully saturated rings. The highest BCUT2D eigenvalue weighted by molar-refractivity contribution is 5.19. The van der Waals surface area contributed by atoms with Gasteiger partial charge in [0.15, 0.2) is 0 Å². The maximum absolute atomic E-state index is 10.7. The molecule has 0 heterocycles. The fourth-order valence-corrected chi connectivity index (χ4v) is 11.4. The summed E-state index contributed by atoms with van der Waals surface area (Å²) in [6.45, 7) is 20.9. The lowest BCUT2D eigenvalue weighted by molar-refractivity contribution is -0.263. The van der Waals surface area contributed by atoms with Crippen LogP contribution in [0.15, 0.2) is 0 Å². The number of aliphatic hydroxyl groups is 1. The molecule has 31 heavy (non-hydrogen) atoms. The van der Waals surface area contributed by atoms with Crippen LogP contribution in [0.2, 0.25) is 0 Å². The van der Waals surface area contributed by atoms with Gasteiger partial charge in [0, 0.05) is 0 Å². The third kappa shape index (κ3) is 2.77. The molecule has 0 aliphatic heterocycles. The van der Waals surface area contributed by atoms with Gasteiger partial charge < -0.3 is 5.11 Å². The highest BCUT2D eigenvalue weighted by Crippen LogP contribution is 2.78. The number of hydrogen-bond donors (Lipinski definition) is 1. The van der Waals surface area contributed by atoms with Gasteiger partial charge in [0.25, 0.3) is 0 Å². The SMILES string of the molecule is C[C@@H]1[C@H](O)CC[C@@H]2[C@]1(C)CC[C@H]1[C@]2(C)CC[C@@]2(C)[C@@H]3CC(C)(C)CC[C@@]3(C)CC[C@]12C. The maximum atomic E-state index is 10.7. The number of hydrogen-bond acceptors (Lipinski definition) is 1. The Morgan fingerprint density at radius 3 is 1.90 bits per heavy atom. The van der Waals surface area contributed by atoms with E-state index in [9.17, 15) is 5.11 Å². The average molecular weight is 429 g/mol. The van der Waals surface area contributed by atoms with Gasteiger partial charge in [-0.25, -0.2) is 0 Å². The second-order valence-corrected chi connectivity index (χ2v) is 15.5. The minimum atomic E-state index is -0.0781. The highest BCUT2D eigenvalue weighted by Gasteiger charge is 2.70. The predicted octanol–water partition coefficient (Wildman–Crippen LogP) is 8.25. The van der Waals surface area contributed by atoms with Crippen molar-refractivity contribution in [2.24, 2.45) is 56.2 Å². The van der Waals surface area contributed by atoms with Crippen LogP contribution >= 0.6 is 0 Å². The molecule has 5 aliphatic carbocycles. The molecule has 0 aromatic rings. The van der Waals surface area contributed by atoms with Crippen molar-refractivity contribution in [3.8, 4) is 0 Å². The highest BCUT2D eigenvalue weighted by atomic mass is 16.3. The zero-order valence-corrected chi connectivity index (χ0v) is 22.1. The molecule has 0 saturated heterocycles. The zero-order chi connectivity index (χ0) is 22.7. The molecule has 0 aromatic heterocycles. The Balaban J connectivity index is 1.54. The third-order valence-corrected chi connectivity index (χ3v) is 13.9. The molecule has 1 nitrogen and oxygen atoms in total. The van der Waals surface area contributed by atoms with Gasteiger partial charge in [0.2, 0.25) is 0 Å². The fraction of sp³-hybridized carbons (Fsp3) is 1.00. The van der Waals surface area contributed by atoms with Gasteiger partial charge in [0.1, 0.15) is 0 Å². The van der Waals surface area contributed by atoms with E-state index in [4.69, 9.17) is 0 Å². The molecule has 0 spiro atoms. The van der Waals surface area contributed by atoms with Crippen molar-refractivity contribution in [2.45, 2.75) is 132 Å². The standard InChI is InChI=1S/C30H52O/c1-20-21(31)9-10-22-27(20,5)12-11-23-28(22,6)16-18-30(8)24-19-25(2,3)13-14-26(24,4)15-17-29(23,30)7/h20-24,31H,9-19H2,1-8H3/t20-,21-,22-,23+,24-,26+,27-,28-,29-,30+/m1/s1. The van der Waals surface area contributed by atoms with E-state index >= 15 is 0 Å². The van der Waals surface area contributed by atoms with Crippen molar-refractivity contribution in [3.63, 3.8) is 0 Å². The minimum absolute atomic E-state index is 0.0781. The lowest BCUT2D eigenvalue weighted by atomic mass is 9.30. The van der Waals surface area contributed by atoms with Crippen LogP contribution in [-0.2, 0) is 0 Å². The summed E-state index contributed by atoms with van der Waals surface area (Å²) in [7, 11) is 0. The summed E-state index contributed by atoms with van der Waals surface area (Å²) < 4.78 is 0. The van der Waals surface area contributed by atoms with Crippen LogP contribution in [0, 0.1) is 56.2 Å². The van der Waals surface area contributed by atoms with Gasteiger partial charge in [-0.1, -0.05) is 55.4 Å². The van der Waals surface area contributed by atoms with E-state index in [0.717, 1.165) is 24.2 Å². The first-order valence-corrected chi connectivity index (χ1v) is 13.9. The monoisotopic (exact) mass is 428 g/mol. The number of aliphatic hydroxyl groups excluding tert-OH is 1. The van der Waals surface area contributed by atoms with Gasteiger partial charge in [-0.15, -0.1) is 0 Å². The lowest BCUT2D eigenvalue weighted by Gasteiger charge is -2.75. The topological polar surface area (TPSA) is 20.2 Å². The molecule has 5 aliphatic rings. The smallest absolute Gasteiger partial charge is 0.0571 e. The third-order valence-electron chi connectivity index (χ3n) is 13.9. The molecule has 1 N–H and O–H groups in total. The van der Waals surface area contributed by atoms with Crippen LogP contribution in [0.25, 0.3) is 0 Å². The average Bonchev–Trinajstić information content (AvgIpc) is 2.69. The van der Waals surface area contributed by atoms with Crippen LogP contribution in [0.5, 0.6) is 0 Å². The summed E-state index contributed by atoms with van der Waals surface area (Å²) in [5.41, 5.74) is 2.88. The molecule has 0 radical (unpaired) electrons. The Labute approximate surface area is 193 Å². The normalized spacial score (nSPS) is 60.9. The summed E-state index contributed by atoms with van der Waals surface area (Å²) in [5, 5.41) is 10.7. The first-order chi connectivity index (χ1) is 14.2. The Kier molecular flexibility index (Phi) is 4.80. The Hall–Kier alpha value is -0.0400. The predicted molar refractivity (Wildman–Crippen MR) is 131 cm³/mol. The van der Waals surface area contributed by atoms with Crippen LogP contribution in [-0.4, -0.2) is 11.2 Å². The molecule has 5 rings (SSSR count). The van der Waals surface area contributed by atoms with Crippen molar-refractivity contribution in [1.82, 2.24) is 0 Å². The molecule has 0 unspecified atom stereocenters. The quantitative estimate of drug-likeness (QED) is 0.412. The summed E-state index contributed by atoms with van der Waals surface area (Å²) in [4.78, 5) is 0. The first-order valence-electron chi connectivity index (χ1n) is 13.9. The second kappa shape index (κ2) is 6.55. The lowest BCUT2D eigenvalue weighted by Crippen LogP contribution is -2.67. The summed E-state index contributed by atoms with van der Waals surface area (Å²) in [6.07, 6.45) is 15.1. The van der Waals surface area contributed by atoms with Crippen LogP contribution in [0.4, 0.5) is 0 Å². The number of fused-ring (bicyclic) bond motifs is 7.